The van der Waals surface area contributed by atoms with Gasteiger partial charge in [0.15, 0.2) is 0 Å². The number of nitrogens with two attached hydrogens (primary N) is 1. The van der Waals surface area contributed by atoms with Crippen LogP contribution in [0.2, 0.25) is 0 Å². The van der Waals surface area contributed by atoms with Crippen LogP contribution in [0.3, 0.4) is 0 Å². The highest BCUT2D eigenvalue weighted by Crippen LogP contribution is 2.18. The molecule has 2 heterocycles. The first-order valence-corrected chi connectivity index (χ1v) is 5.21. The van der Waals surface area contributed by atoms with Gasteiger partial charge in [0.2, 0.25) is 6.10 Å². The first-order chi connectivity index (χ1) is 7.18. The molecule has 2 saturated heterocycles. The van der Waals surface area contributed by atoms with Gasteiger partial charge in [-0.1, -0.05) is 6.42 Å². The lowest BCUT2D eigenvalue weighted by Gasteiger charge is -2.32. The molecule has 2 amide bonds. The maximum atomic E-state index is 11.4. The molecule has 2 aliphatic heterocycles. The largest absolute Gasteiger partial charge is 0.433 e. The molecule has 0 aliphatic carbocycles. The van der Waals surface area contributed by atoms with Crippen molar-refractivity contribution in [3.63, 3.8) is 0 Å². The van der Waals surface area contributed by atoms with E-state index in [-0.39, 0.29) is 6.54 Å². The normalized spacial score (nSPS) is 27.9. The fraction of sp³-hybridized carbons (Fsp3) is 0.778. The van der Waals surface area contributed by atoms with Gasteiger partial charge in [0.05, 0.1) is 6.54 Å². The van der Waals surface area contributed by atoms with E-state index >= 15 is 0 Å². The van der Waals surface area contributed by atoms with Crippen molar-refractivity contribution in [1.29, 1.82) is 0 Å². The molecule has 2 fully saturated rings. The Kier molecular flexibility index (Phi) is 2.77. The van der Waals surface area contributed by atoms with E-state index in [9.17, 15) is 9.59 Å². The summed E-state index contributed by atoms with van der Waals surface area (Å²) in [6.07, 6.45) is 2.09. The SMILES string of the molecule is NC(=O)C1CN(N2CCCCC2)C(=O)O1. The molecule has 15 heavy (non-hydrogen) atoms. The van der Waals surface area contributed by atoms with Crippen molar-refractivity contribution in [3.8, 4) is 0 Å². The third kappa shape index (κ3) is 2.04. The number of hydrogen-bond donors (Lipinski definition) is 1. The fourth-order valence-electron chi connectivity index (χ4n) is 1.95. The first kappa shape index (κ1) is 10.2. The van der Waals surface area contributed by atoms with E-state index in [0.717, 1.165) is 25.9 Å². The molecule has 0 spiro atoms. The van der Waals surface area contributed by atoms with Gasteiger partial charge in [-0.25, -0.2) is 14.8 Å². The minimum absolute atomic E-state index is 0.258. The van der Waals surface area contributed by atoms with Crippen LogP contribution in [0.25, 0.3) is 0 Å². The zero-order valence-corrected chi connectivity index (χ0v) is 8.52. The summed E-state index contributed by atoms with van der Waals surface area (Å²) >= 11 is 0. The van der Waals surface area contributed by atoms with Gasteiger partial charge in [0, 0.05) is 13.1 Å². The maximum Gasteiger partial charge on any atom is 0.425 e. The topological polar surface area (TPSA) is 75.9 Å². The van der Waals surface area contributed by atoms with Gasteiger partial charge in [0.25, 0.3) is 5.91 Å². The first-order valence-electron chi connectivity index (χ1n) is 5.21. The van der Waals surface area contributed by atoms with Crippen molar-refractivity contribution >= 4 is 12.0 Å². The van der Waals surface area contributed by atoms with Crippen LogP contribution in [0, 0.1) is 0 Å². The smallest absolute Gasteiger partial charge is 0.425 e. The lowest BCUT2D eigenvalue weighted by atomic mass is 10.2. The average Bonchev–Trinajstić information content (AvgIpc) is 2.62. The molecular formula is C9H15N3O3. The molecule has 0 radical (unpaired) electrons. The Morgan fingerprint density at radius 2 is 2.00 bits per heavy atom. The number of carbonyl (C=O) groups excluding carboxylic acids is 2. The third-order valence-electron chi connectivity index (χ3n) is 2.78. The van der Waals surface area contributed by atoms with Crippen LogP contribution in [0.1, 0.15) is 19.3 Å². The number of carbonyl (C=O) groups is 2. The molecule has 0 bridgehead atoms. The van der Waals surface area contributed by atoms with Crippen molar-refractivity contribution < 1.29 is 14.3 Å². The van der Waals surface area contributed by atoms with Gasteiger partial charge >= 0.3 is 6.09 Å². The Labute approximate surface area is 87.9 Å². The number of ether oxygens (including phenoxy) is 1. The second kappa shape index (κ2) is 4.06. The number of cyclic esters (lactones) is 1. The van der Waals surface area contributed by atoms with Crippen LogP contribution < -0.4 is 5.73 Å². The lowest BCUT2D eigenvalue weighted by molar-refractivity contribution is -0.124. The molecule has 2 aliphatic rings. The van der Waals surface area contributed by atoms with E-state index in [1.807, 2.05) is 5.01 Å². The van der Waals surface area contributed by atoms with E-state index < -0.39 is 18.1 Å². The second-order valence-corrected chi connectivity index (χ2v) is 3.87. The Morgan fingerprint density at radius 1 is 1.33 bits per heavy atom. The zero-order valence-electron chi connectivity index (χ0n) is 8.52. The maximum absolute atomic E-state index is 11.4. The van der Waals surface area contributed by atoms with E-state index in [1.165, 1.54) is 11.4 Å². The zero-order chi connectivity index (χ0) is 10.8. The Hall–Kier alpha value is -1.30. The Balaban J connectivity index is 1.97. The summed E-state index contributed by atoms with van der Waals surface area (Å²) in [6.45, 7) is 1.95. The second-order valence-electron chi connectivity index (χ2n) is 3.87. The lowest BCUT2D eigenvalue weighted by Crippen LogP contribution is -2.46. The van der Waals surface area contributed by atoms with Gasteiger partial charge in [-0.3, -0.25) is 4.79 Å². The highest BCUT2D eigenvalue weighted by molar-refractivity contribution is 5.84. The number of primary amides is 1. The number of hydrogen-bond acceptors (Lipinski definition) is 4. The summed E-state index contributed by atoms with van der Waals surface area (Å²) in [7, 11) is 0. The number of rotatable bonds is 2. The van der Waals surface area contributed by atoms with Gasteiger partial charge < -0.3 is 10.5 Å². The molecule has 1 unspecified atom stereocenters. The summed E-state index contributed by atoms with van der Waals surface area (Å²) in [5.41, 5.74) is 5.09. The van der Waals surface area contributed by atoms with Crippen LogP contribution in [0.5, 0.6) is 0 Å². The summed E-state index contributed by atoms with van der Waals surface area (Å²) in [4.78, 5) is 22.3. The van der Waals surface area contributed by atoms with Crippen molar-refractivity contribution in [2.24, 2.45) is 5.73 Å². The van der Waals surface area contributed by atoms with Gasteiger partial charge in [-0.05, 0) is 12.8 Å². The van der Waals surface area contributed by atoms with Crippen LogP contribution in [-0.2, 0) is 9.53 Å². The van der Waals surface area contributed by atoms with E-state index in [1.54, 1.807) is 0 Å². The quantitative estimate of drug-likeness (QED) is 0.683. The highest BCUT2D eigenvalue weighted by Gasteiger charge is 2.38. The standard InChI is InChI=1S/C9H15N3O3/c10-8(13)7-6-12(9(14)15-7)11-4-2-1-3-5-11/h7H,1-6H2,(H2,10,13). The monoisotopic (exact) mass is 213 g/mol. The summed E-state index contributed by atoms with van der Waals surface area (Å²) in [6, 6.07) is 0. The predicted molar refractivity (Wildman–Crippen MR) is 51.6 cm³/mol. The molecule has 6 heteroatoms. The number of hydrazine groups is 1. The van der Waals surface area contributed by atoms with Crippen molar-refractivity contribution in [2.45, 2.75) is 25.4 Å². The van der Waals surface area contributed by atoms with E-state index in [4.69, 9.17) is 10.5 Å². The number of nitrogens with zero attached hydrogens (tertiary/aromatic N) is 2. The molecule has 0 saturated carbocycles. The number of piperidine rings is 1. The van der Waals surface area contributed by atoms with Crippen LogP contribution in [-0.4, -0.2) is 47.8 Å². The van der Waals surface area contributed by atoms with Gasteiger partial charge in [-0.2, -0.15) is 0 Å². The molecule has 84 valence electrons. The Bertz CT molecular complexity index is 276. The summed E-state index contributed by atoms with van der Waals surface area (Å²) in [5, 5.41) is 3.43. The summed E-state index contributed by atoms with van der Waals surface area (Å²) < 4.78 is 4.86. The molecule has 0 aromatic heterocycles. The van der Waals surface area contributed by atoms with Crippen molar-refractivity contribution in [3.05, 3.63) is 0 Å². The number of amides is 2. The molecule has 6 nitrogen and oxygen atoms in total. The van der Waals surface area contributed by atoms with Crippen molar-refractivity contribution in [1.82, 2.24) is 10.0 Å². The fourth-order valence-corrected chi connectivity index (χ4v) is 1.95. The molecule has 1 atom stereocenters. The highest BCUT2D eigenvalue weighted by atomic mass is 16.6. The minimum atomic E-state index is -0.792. The average molecular weight is 213 g/mol. The van der Waals surface area contributed by atoms with E-state index in [2.05, 4.69) is 0 Å². The van der Waals surface area contributed by atoms with Crippen LogP contribution >= 0.6 is 0 Å². The van der Waals surface area contributed by atoms with E-state index in [0.29, 0.717) is 0 Å². The van der Waals surface area contributed by atoms with Gasteiger partial charge in [-0.15, -0.1) is 0 Å². The van der Waals surface area contributed by atoms with Gasteiger partial charge in [0.1, 0.15) is 0 Å². The molecular weight excluding hydrogens is 198 g/mol. The minimum Gasteiger partial charge on any atom is -0.433 e. The molecule has 0 aromatic carbocycles. The van der Waals surface area contributed by atoms with Crippen LogP contribution in [0.4, 0.5) is 4.79 Å². The molecule has 2 rings (SSSR count). The Morgan fingerprint density at radius 3 is 2.53 bits per heavy atom. The summed E-state index contributed by atoms with van der Waals surface area (Å²) in [5.74, 6) is -0.581. The predicted octanol–water partition coefficient (Wildman–Crippen LogP) is -0.307. The van der Waals surface area contributed by atoms with Crippen LogP contribution in [0.15, 0.2) is 0 Å². The molecule has 0 aromatic rings. The third-order valence-corrected chi connectivity index (χ3v) is 2.78. The molecule has 2 N–H and O–H groups in total. The van der Waals surface area contributed by atoms with Crippen molar-refractivity contribution in [2.75, 3.05) is 19.6 Å².